The summed E-state index contributed by atoms with van der Waals surface area (Å²) in [4.78, 5) is 0. The number of benzene rings is 2. The molecule has 0 heterocycles. The van der Waals surface area contributed by atoms with Gasteiger partial charge in [0.25, 0.3) is 0 Å². The van der Waals surface area contributed by atoms with E-state index in [1.807, 2.05) is 0 Å². The quantitative estimate of drug-likeness (QED) is 0.855. The first-order chi connectivity index (χ1) is 9.90. The van der Waals surface area contributed by atoms with Crippen molar-refractivity contribution >= 4 is 5.69 Å². The molecule has 0 radical (unpaired) electrons. The average molecular weight is 294 g/mol. The van der Waals surface area contributed by atoms with E-state index >= 15 is 0 Å². The first-order valence-corrected chi connectivity index (χ1v) is 6.00. The Morgan fingerprint density at radius 1 is 1.10 bits per heavy atom. The Labute approximate surface area is 118 Å². The van der Waals surface area contributed by atoms with E-state index in [-0.39, 0.29) is 12.1 Å². The van der Waals surface area contributed by atoms with E-state index < -0.39 is 17.6 Å². The zero-order chi connectivity index (χ0) is 15.5. The van der Waals surface area contributed by atoms with Crippen molar-refractivity contribution in [3.8, 4) is 6.07 Å². The molecule has 108 valence electrons. The van der Waals surface area contributed by atoms with Crippen LogP contribution < -0.4 is 5.32 Å². The summed E-state index contributed by atoms with van der Waals surface area (Å²) in [5, 5.41) is 11.6. The fraction of sp³-hybridized carbons (Fsp3) is 0.133. The average Bonchev–Trinajstić information content (AvgIpc) is 2.46. The third kappa shape index (κ3) is 3.72. The van der Waals surface area contributed by atoms with Crippen LogP contribution in [0.1, 0.15) is 16.7 Å². The highest BCUT2D eigenvalue weighted by Crippen LogP contribution is 2.29. The molecule has 0 fully saturated rings. The van der Waals surface area contributed by atoms with Gasteiger partial charge in [-0.3, -0.25) is 0 Å². The fourth-order valence-electron chi connectivity index (χ4n) is 1.78. The lowest BCUT2D eigenvalue weighted by Crippen LogP contribution is -2.07. The fourth-order valence-corrected chi connectivity index (χ4v) is 1.78. The summed E-state index contributed by atoms with van der Waals surface area (Å²) in [5.74, 6) is -0.637. The number of rotatable bonds is 3. The summed E-state index contributed by atoms with van der Waals surface area (Å²) >= 11 is 0. The molecule has 0 atom stereocenters. The van der Waals surface area contributed by atoms with E-state index in [0.717, 1.165) is 18.2 Å². The number of nitrogens with one attached hydrogen (secondary N) is 1. The third-order valence-corrected chi connectivity index (χ3v) is 2.84. The van der Waals surface area contributed by atoms with Crippen LogP contribution in [0.2, 0.25) is 0 Å². The number of anilines is 1. The number of hydrogen-bond donors (Lipinski definition) is 1. The minimum atomic E-state index is -4.39. The summed E-state index contributed by atoms with van der Waals surface area (Å²) in [5.41, 5.74) is 0.0562. The standard InChI is InChI=1S/C15H10F4N2/c16-14-5-4-13(7-11(14)8-20)21-9-10-2-1-3-12(6-10)15(17,18)19/h1-7,21H,9H2. The Kier molecular flexibility index (Phi) is 4.13. The molecule has 2 aromatic carbocycles. The van der Waals surface area contributed by atoms with Crippen molar-refractivity contribution in [1.29, 1.82) is 5.26 Å². The second kappa shape index (κ2) is 5.83. The summed E-state index contributed by atoms with van der Waals surface area (Å²) in [6, 6.07) is 10.5. The van der Waals surface area contributed by atoms with Crippen molar-refractivity contribution in [2.45, 2.75) is 12.7 Å². The Hall–Kier alpha value is -2.55. The first kappa shape index (κ1) is 14.9. The van der Waals surface area contributed by atoms with Gasteiger partial charge in [-0.1, -0.05) is 12.1 Å². The topological polar surface area (TPSA) is 35.8 Å². The summed E-state index contributed by atoms with van der Waals surface area (Å²) in [6.45, 7) is 0.139. The molecule has 0 amide bonds. The number of halogens is 4. The molecular weight excluding hydrogens is 284 g/mol. The smallest absolute Gasteiger partial charge is 0.381 e. The van der Waals surface area contributed by atoms with E-state index in [9.17, 15) is 17.6 Å². The minimum absolute atomic E-state index is 0.121. The van der Waals surface area contributed by atoms with E-state index in [1.54, 1.807) is 12.1 Å². The van der Waals surface area contributed by atoms with Gasteiger partial charge in [0.05, 0.1) is 11.1 Å². The molecule has 1 N–H and O–H groups in total. The lowest BCUT2D eigenvalue weighted by atomic mass is 10.1. The van der Waals surface area contributed by atoms with Gasteiger partial charge in [-0.15, -0.1) is 0 Å². The Morgan fingerprint density at radius 2 is 1.86 bits per heavy atom. The van der Waals surface area contributed by atoms with Gasteiger partial charge in [-0.05, 0) is 35.9 Å². The van der Waals surface area contributed by atoms with Gasteiger partial charge in [0.15, 0.2) is 0 Å². The van der Waals surface area contributed by atoms with Crippen LogP contribution in [0.15, 0.2) is 42.5 Å². The largest absolute Gasteiger partial charge is 0.416 e. The molecule has 2 aromatic rings. The summed E-state index contributed by atoms with van der Waals surface area (Å²) in [7, 11) is 0. The molecule has 2 rings (SSSR count). The zero-order valence-corrected chi connectivity index (χ0v) is 10.7. The van der Waals surface area contributed by atoms with Gasteiger partial charge < -0.3 is 5.32 Å². The number of hydrogen-bond acceptors (Lipinski definition) is 2. The summed E-state index contributed by atoms with van der Waals surface area (Å²) < 4.78 is 50.9. The van der Waals surface area contributed by atoms with Crippen molar-refractivity contribution < 1.29 is 17.6 Å². The summed E-state index contributed by atoms with van der Waals surface area (Å²) in [6.07, 6.45) is -4.39. The number of alkyl halides is 3. The molecule has 0 aromatic heterocycles. The van der Waals surface area contributed by atoms with Crippen LogP contribution in [0.25, 0.3) is 0 Å². The molecule has 0 aliphatic heterocycles. The SMILES string of the molecule is N#Cc1cc(NCc2cccc(C(F)(F)F)c2)ccc1F. The Bertz CT molecular complexity index is 687. The number of nitrogens with zero attached hydrogens (tertiary/aromatic N) is 1. The van der Waals surface area contributed by atoms with Crippen LogP contribution in [-0.2, 0) is 12.7 Å². The second-order valence-corrected chi connectivity index (χ2v) is 4.36. The molecule has 0 saturated heterocycles. The molecule has 0 spiro atoms. The maximum absolute atomic E-state index is 13.1. The van der Waals surface area contributed by atoms with E-state index in [4.69, 9.17) is 5.26 Å². The lowest BCUT2D eigenvalue weighted by molar-refractivity contribution is -0.137. The van der Waals surface area contributed by atoms with Gasteiger partial charge in [-0.25, -0.2) is 4.39 Å². The predicted octanol–water partition coefficient (Wildman–Crippen LogP) is 4.33. The van der Waals surface area contributed by atoms with Crippen LogP contribution in [-0.4, -0.2) is 0 Å². The van der Waals surface area contributed by atoms with Crippen LogP contribution in [0.5, 0.6) is 0 Å². The molecule has 21 heavy (non-hydrogen) atoms. The van der Waals surface area contributed by atoms with Gasteiger partial charge in [-0.2, -0.15) is 18.4 Å². The molecule has 0 saturated carbocycles. The second-order valence-electron chi connectivity index (χ2n) is 4.36. The molecule has 0 unspecified atom stereocenters. The van der Waals surface area contributed by atoms with Crippen LogP contribution >= 0.6 is 0 Å². The van der Waals surface area contributed by atoms with Gasteiger partial charge >= 0.3 is 6.18 Å². The first-order valence-electron chi connectivity index (χ1n) is 6.00. The maximum atomic E-state index is 13.1. The van der Waals surface area contributed by atoms with Crippen molar-refractivity contribution in [1.82, 2.24) is 0 Å². The van der Waals surface area contributed by atoms with E-state index in [2.05, 4.69) is 5.32 Å². The van der Waals surface area contributed by atoms with Crippen molar-refractivity contribution in [3.05, 3.63) is 65.0 Å². The van der Waals surface area contributed by atoms with Crippen molar-refractivity contribution in [3.63, 3.8) is 0 Å². The Balaban J connectivity index is 2.12. The molecule has 0 bridgehead atoms. The highest BCUT2D eigenvalue weighted by atomic mass is 19.4. The highest BCUT2D eigenvalue weighted by Gasteiger charge is 2.30. The van der Waals surface area contributed by atoms with E-state index in [1.165, 1.54) is 18.2 Å². The third-order valence-electron chi connectivity index (χ3n) is 2.84. The Morgan fingerprint density at radius 3 is 2.52 bits per heavy atom. The van der Waals surface area contributed by atoms with Gasteiger partial charge in [0.2, 0.25) is 0 Å². The minimum Gasteiger partial charge on any atom is -0.381 e. The monoisotopic (exact) mass is 294 g/mol. The van der Waals surface area contributed by atoms with E-state index in [0.29, 0.717) is 11.3 Å². The normalized spacial score (nSPS) is 11.0. The van der Waals surface area contributed by atoms with Gasteiger partial charge in [0, 0.05) is 12.2 Å². The lowest BCUT2D eigenvalue weighted by Gasteiger charge is -2.10. The maximum Gasteiger partial charge on any atom is 0.416 e. The highest BCUT2D eigenvalue weighted by molar-refractivity contribution is 5.50. The van der Waals surface area contributed by atoms with Crippen LogP contribution in [0.3, 0.4) is 0 Å². The zero-order valence-electron chi connectivity index (χ0n) is 10.7. The van der Waals surface area contributed by atoms with Crippen molar-refractivity contribution in [2.24, 2.45) is 0 Å². The molecule has 0 aliphatic rings. The molecule has 2 nitrogen and oxygen atoms in total. The predicted molar refractivity (Wildman–Crippen MR) is 69.9 cm³/mol. The van der Waals surface area contributed by atoms with Crippen molar-refractivity contribution in [2.75, 3.05) is 5.32 Å². The number of nitriles is 1. The van der Waals surface area contributed by atoms with Crippen LogP contribution in [0.4, 0.5) is 23.2 Å². The van der Waals surface area contributed by atoms with Gasteiger partial charge in [0.1, 0.15) is 11.9 Å². The molecule has 6 heteroatoms. The molecule has 0 aliphatic carbocycles. The van der Waals surface area contributed by atoms with Crippen LogP contribution in [0, 0.1) is 17.1 Å². The molecular formula is C15H10F4N2.